The zero-order chi connectivity index (χ0) is 21.5. The lowest BCUT2D eigenvalue weighted by atomic mass is 10.1. The molecule has 3 aromatic rings. The molecular weight excluding hydrogens is 414 g/mol. The summed E-state index contributed by atoms with van der Waals surface area (Å²) < 4.78 is 0. The Balaban J connectivity index is 1.55. The molecule has 0 aromatic carbocycles. The van der Waals surface area contributed by atoms with Gasteiger partial charge in [0.1, 0.15) is 5.00 Å². The lowest BCUT2D eigenvalue weighted by Gasteiger charge is -2.16. The van der Waals surface area contributed by atoms with Crippen LogP contribution in [-0.4, -0.2) is 46.0 Å². The summed E-state index contributed by atoms with van der Waals surface area (Å²) in [6.45, 7) is 1.70. The summed E-state index contributed by atoms with van der Waals surface area (Å²) in [7, 11) is 0. The highest BCUT2D eigenvalue weighted by molar-refractivity contribution is 7.20. The number of rotatable bonds is 5. The molecule has 9 nitrogen and oxygen atoms in total. The highest BCUT2D eigenvalue weighted by Crippen LogP contribution is 2.35. The first-order chi connectivity index (χ1) is 15.2. The maximum Gasteiger partial charge on any atom is 0.325 e. The highest BCUT2D eigenvalue weighted by Gasteiger charge is 2.22. The van der Waals surface area contributed by atoms with Gasteiger partial charge in [0.05, 0.1) is 11.8 Å². The number of urea groups is 1. The van der Waals surface area contributed by atoms with Crippen LogP contribution < -0.4 is 21.3 Å². The lowest BCUT2D eigenvalue weighted by molar-refractivity contribution is 0.0937. The number of aromatic nitrogens is 3. The smallest absolute Gasteiger partial charge is 0.325 e. The molecule has 0 bridgehead atoms. The average molecular weight is 438 g/mol. The SMILES string of the molecule is O=C(Nc1cnccn1)Nc1sc(-c2ccncc2)cc1C(=O)N[C@H]1CCCCNC1. The third kappa shape index (κ3) is 5.62. The first-order valence-corrected chi connectivity index (χ1v) is 10.9. The van der Waals surface area contributed by atoms with E-state index in [0.717, 1.165) is 42.8 Å². The number of carbonyl (C=O) groups excluding carboxylic acids is 2. The average Bonchev–Trinajstić information content (AvgIpc) is 3.03. The van der Waals surface area contributed by atoms with Gasteiger partial charge in [-0.25, -0.2) is 9.78 Å². The number of carbonyl (C=O) groups is 2. The van der Waals surface area contributed by atoms with E-state index in [-0.39, 0.29) is 11.9 Å². The molecule has 4 heterocycles. The minimum Gasteiger partial charge on any atom is -0.348 e. The van der Waals surface area contributed by atoms with E-state index in [9.17, 15) is 9.59 Å². The Kier molecular flexibility index (Phi) is 6.80. The van der Waals surface area contributed by atoms with E-state index in [2.05, 4.69) is 36.2 Å². The Hall–Kier alpha value is -3.37. The number of amides is 3. The standard InChI is InChI=1S/C21H23N7O2S/c29-19(26-15-3-1-2-6-23-12-15)16-11-17(14-4-7-22-8-5-14)31-20(16)28-21(30)27-18-13-24-9-10-25-18/h4-5,7-11,13,15,23H,1-3,6,12H2,(H,26,29)(H2,25,27,28,30)/t15-/m0/s1. The first kappa shape index (κ1) is 20.9. The van der Waals surface area contributed by atoms with E-state index >= 15 is 0 Å². The Labute approximate surface area is 183 Å². The van der Waals surface area contributed by atoms with Crippen LogP contribution in [0, 0.1) is 0 Å². The molecule has 1 aliphatic heterocycles. The van der Waals surface area contributed by atoms with Crippen LogP contribution >= 0.6 is 11.3 Å². The molecule has 3 amide bonds. The molecular formula is C21H23N7O2S. The Morgan fingerprint density at radius 2 is 1.94 bits per heavy atom. The van der Waals surface area contributed by atoms with Gasteiger partial charge in [-0.15, -0.1) is 11.3 Å². The van der Waals surface area contributed by atoms with Crippen LogP contribution in [0.1, 0.15) is 29.6 Å². The van der Waals surface area contributed by atoms with Gasteiger partial charge in [0.15, 0.2) is 5.82 Å². The number of nitrogens with one attached hydrogen (secondary N) is 4. The Bertz CT molecular complexity index is 1020. The van der Waals surface area contributed by atoms with Crippen LogP contribution in [0.5, 0.6) is 0 Å². The minimum absolute atomic E-state index is 0.0561. The Morgan fingerprint density at radius 3 is 2.74 bits per heavy atom. The maximum absolute atomic E-state index is 13.1. The first-order valence-electron chi connectivity index (χ1n) is 10.1. The number of nitrogens with zero attached hydrogens (tertiary/aromatic N) is 3. The molecule has 0 aliphatic carbocycles. The highest BCUT2D eigenvalue weighted by atomic mass is 32.1. The molecule has 4 N–H and O–H groups in total. The van der Waals surface area contributed by atoms with E-state index in [4.69, 9.17) is 0 Å². The number of thiophene rings is 1. The van der Waals surface area contributed by atoms with Crippen molar-refractivity contribution in [1.29, 1.82) is 0 Å². The largest absolute Gasteiger partial charge is 0.348 e. The third-order valence-corrected chi connectivity index (χ3v) is 5.96. The summed E-state index contributed by atoms with van der Waals surface area (Å²) in [5, 5.41) is 12.3. The Morgan fingerprint density at radius 1 is 1.06 bits per heavy atom. The maximum atomic E-state index is 13.1. The third-order valence-electron chi connectivity index (χ3n) is 4.86. The predicted octanol–water partition coefficient (Wildman–Crippen LogP) is 3.12. The number of hydrogen-bond donors (Lipinski definition) is 4. The number of anilines is 2. The fourth-order valence-electron chi connectivity index (χ4n) is 3.33. The predicted molar refractivity (Wildman–Crippen MR) is 120 cm³/mol. The van der Waals surface area contributed by atoms with Crippen molar-refractivity contribution in [2.75, 3.05) is 23.7 Å². The number of hydrogen-bond acceptors (Lipinski definition) is 7. The van der Waals surface area contributed by atoms with Crippen molar-refractivity contribution >= 4 is 34.1 Å². The van der Waals surface area contributed by atoms with Crippen LogP contribution in [0.25, 0.3) is 10.4 Å². The fourth-order valence-corrected chi connectivity index (χ4v) is 4.39. The van der Waals surface area contributed by atoms with E-state index in [0.29, 0.717) is 16.4 Å². The second-order valence-corrected chi connectivity index (χ2v) is 8.18. The van der Waals surface area contributed by atoms with Gasteiger partial charge in [-0.05, 0) is 43.1 Å². The van der Waals surface area contributed by atoms with Crippen LogP contribution in [0.4, 0.5) is 15.6 Å². The van der Waals surface area contributed by atoms with Crippen molar-refractivity contribution in [1.82, 2.24) is 25.6 Å². The molecule has 1 aliphatic rings. The van der Waals surface area contributed by atoms with E-state index < -0.39 is 6.03 Å². The van der Waals surface area contributed by atoms with Crippen molar-refractivity contribution in [3.8, 4) is 10.4 Å². The van der Waals surface area contributed by atoms with Gasteiger partial charge in [-0.1, -0.05) is 6.42 Å². The number of pyridine rings is 1. The van der Waals surface area contributed by atoms with E-state index in [1.165, 1.54) is 29.9 Å². The van der Waals surface area contributed by atoms with E-state index in [1.807, 2.05) is 12.1 Å². The quantitative estimate of drug-likeness (QED) is 0.487. The molecule has 0 unspecified atom stereocenters. The minimum atomic E-state index is -0.492. The van der Waals surface area contributed by atoms with Gasteiger partial charge in [-0.2, -0.15) is 0 Å². The van der Waals surface area contributed by atoms with Gasteiger partial charge in [0.25, 0.3) is 5.91 Å². The van der Waals surface area contributed by atoms with Crippen molar-refractivity contribution in [2.45, 2.75) is 25.3 Å². The molecule has 10 heteroatoms. The monoisotopic (exact) mass is 437 g/mol. The van der Waals surface area contributed by atoms with Crippen LogP contribution in [0.3, 0.4) is 0 Å². The zero-order valence-electron chi connectivity index (χ0n) is 16.8. The molecule has 1 saturated heterocycles. The summed E-state index contributed by atoms with van der Waals surface area (Å²) in [6.07, 6.45) is 10.9. The zero-order valence-corrected chi connectivity index (χ0v) is 17.6. The second kappa shape index (κ2) is 10.1. The van der Waals surface area contributed by atoms with Crippen molar-refractivity contribution < 1.29 is 9.59 Å². The molecule has 1 fully saturated rings. The molecule has 3 aromatic heterocycles. The second-order valence-electron chi connectivity index (χ2n) is 7.13. The lowest BCUT2D eigenvalue weighted by Crippen LogP contribution is -2.41. The van der Waals surface area contributed by atoms with Crippen LogP contribution in [0.15, 0.2) is 49.2 Å². The van der Waals surface area contributed by atoms with E-state index in [1.54, 1.807) is 18.5 Å². The van der Waals surface area contributed by atoms with Gasteiger partial charge in [0.2, 0.25) is 0 Å². The summed E-state index contributed by atoms with van der Waals surface area (Å²) in [5.41, 5.74) is 1.35. The van der Waals surface area contributed by atoms with Gasteiger partial charge in [0, 0.05) is 42.3 Å². The topological polar surface area (TPSA) is 121 Å². The molecule has 0 saturated carbocycles. The summed E-state index contributed by atoms with van der Waals surface area (Å²) >= 11 is 1.33. The van der Waals surface area contributed by atoms with Crippen LogP contribution in [0.2, 0.25) is 0 Å². The normalized spacial score (nSPS) is 16.2. The van der Waals surface area contributed by atoms with Crippen LogP contribution in [-0.2, 0) is 0 Å². The summed E-state index contributed by atoms with van der Waals surface area (Å²) in [5.74, 6) is 0.113. The summed E-state index contributed by atoms with van der Waals surface area (Å²) in [4.78, 5) is 38.5. The van der Waals surface area contributed by atoms with Crippen molar-refractivity contribution in [3.05, 3.63) is 54.7 Å². The molecule has 1 atom stereocenters. The van der Waals surface area contributed by atoms with Crippen molar-refractivity contribution in [2.24, 2.45) is 0 Å². The molecule has 4 rings (SSSR count). The van der Waals surface area contributed by atoms with Gasteiger partial charge in [-0.3, -0.25) is 25.4 Å². The van der Waals surface area contributed by atoms with Crippen molar-refractivity contribution in [3.63, 3.8) is 0 Å². The molecule has 0 spiro atoms. The molecule has 0 radical (unpaired) electrons. The molecule has 160 valence electrons. The summed E-state index contributed by atoms with van der Waals surface area (Å²) in [6, 6.07) is 5.10. The van der Waals surface area contributed by atoms with Gasteiger partial charge < -0.3 is 10.6 Å². The molecule has 31 heavy (non-hydrogen) atoms. The van der Waals surface area contributed by atoms with Gasteiger partial charge >= 0.3 is 6.03 Å². The fraction of sp³-hybridized carbons (Fsp3) is 0.286.